The molecule has 0 aromatic carbocycles. The highest BCUT2D eigenvalue weighted by Gasteiger charge is 2.52. The Labute approximate surface area is 115 Å². The van der Waals surface area contributed by atoms with E-state index in [9.17, 15) is 0 Å². The third-order valence-corrected chi connectivity index (χ3v) is 3.90. The predicted molar refractivity (Wildman–Crippen MR) is 72.7 cm³/mol. The van der Waals surface area contributed by atoms with Gasteiger partial charge >= 0.3 is 7.12 Å². The van der Waals surface area contributed by atoms with E-state index in [0.29, 0.717) is 15.2 Å². The summed E-state index contributed by atoms with van der Waals surface area (Å²) >= 11 is 9.30. The first-order valence-corrected chi connectivity index (χ1v) is 6.57. The third-order valence-electron chi connectivity index (χ3n) is 3.27. The fourth-order valence-corrected chi connectivity index (χ4v) is 2.37. The molecule has 6 heteroatoms. The average molecular weight is 318 g/mol. The Morgan fingerprint density at radius 3 is 2.18 bits per heavy atom. The molecule has 3 nitrogen and oxygen atoms in total. The molecule has 0 amide bonds. The molecule has 1 aliphatic rings. The van der Waals surface area contributed by atoms with Crippen molar-refractivity contribution in [3.8, 4) is 0 Å². The molecule has 2 rings (SSSR count). The Balaban J connectivity index is 2.32. The van der Waals surface area contributed by atoms with E-state index < -0.39 is 7.12 Å². The van der Waals surface area contributed by atoms with Gasteiger partial charge in [0, 0.05) is 5.02 Å². The maximum absolute atomic E-state index is 5.99. The molecule has 0 unspecified atom stereocenters. The molecule has 2 heterocycles. The zero-order chi connectivity index (χ0) is 12.8. The molecule has 0 aliphatic carbocycles. The summed E-state index contributed by atoms with van der Waals surface area (Å²) in [5.41, 5.74) is -0.0505. The molecule has 0 atom stereocenters. The minimum absolute atomic E-state index is 0.367. The van der Waals surface area contributed by atoms with Gasteiger partial charge in [0.2, 0.25) is 0 Å². The van der Waals surface area contributed by atoms with E-state index in [1.807, 2.05) is 27.7 Å². The van der Waals surface area contributed by atoms with Crippen LogP contribution in [0.5, 0.6) is 0 Å². The average Bonchev–Trinajstić information content (AvgIpc) is 2.34. The van der Waals surface area contributed by atoms with Crippen LogP contribution < -0.4 is 5.59 Å². The summed E-state index contributed by atoms with van der Waals surface area (Å²) in [5.74, 6) is 0. The van der Waals surface area contributed by atoms with Gasteiger partial charge in [-0.25, -0.2) is 4.98 Å². The minimum Gasteiger partial charge on any atom is -0.398 e. The number of pyridine rings is 1. The van der Waals surface area contributed by atoms with Crippen molar-refractivity contribution in [3.63, 3.8) is 0 Å². The van der Waals surface area contributed by atoms with Crippen molar-refractivity contribution in [2.75, 3.05) is 0 Å². The van der Waals surface area contributed by atoms with Crippen LogP contribution in [0.2, 0.25) is 5.02 Å². The number of aromatic nitrogens is 1. The van der Waals surface area contributed by atoms with Crippen molar-refractivity contribution in [1.29, 1.82) is 0 Å². The lowest BCUT2D eigenvalue weighted by Crippen LogP contribution is -2.41. The Morgan fingerprint density at radius 2 is 1.71 bits per heavy atom. The highest BCUT2D eigenvalue weighted by molar-refractivity contribution is 9.10. The Hall–Kier alpha value is -0.0951. The van der Waals surface area contributed by atoms with Gasteiger partial charge in [0.1, 0.15) is 4.60 Å². The number of nitrogens with zero attached hydrogens (tertiary/aromatic N) is 1. The standard InChI is InChI=1S/C11H14BBrClNO2/c1-10(2)11(3,4)17-12(16-10)8-5-7(14)6-9(13)15-8/h5-6H,1-4H3. The number of hydrogen-bond acceptors (Lipinski definition) is 3. The molecule has 1 aliphatic heterocycles. The molecule has 1 aromatic heterocycles. The summed E-state index contributed by atoms with van der Waals surface area (Å²) < 4.78 is 12.5. The molecule has 1 saturated heterocycles. The first-order chi connectivity index (χ1) is 7.71. The molecular formula is C11H14BBrClNO2. The molecular weight excluding hydrogens is 304 g/mol. The van der Waals surface area contributed by atoms with Gasteiger partial charge in [-0.05, 0) is 55.8 Å². The van der Waals surface area contributed by atoms with E-state index in [0.717, 1.165) is 0 Å². The lowest BCUT2D eigenvalue weighted by Gasteiger charge is -2.32. The summed E-state index contributed by atoms with van der Waals surface area (Å²) in [5, 5.41) is 0.608. The molecule has 0 radical (unpaired) electrons. The van der Waals surface area contributed by atoms with Gasteiger partial charge in [0.05, 0.1) is 16.8 Å². The molecule has 17 heavy (non-hydrogen) atoms. The van der Waals surface area contributed by atoms with Crippen molar-refractivity contribution >= 4 is 40.2 Å². The van der Waals surface area contributed by atoms with Gasteiger partial charge in [0.25, 0.3) is 0 Å². The number of hydrogen-bond donors (Lipinski definition) is 0. The summed E-state index contributed by atoms with van der Waals surface area (Å²) in [7, 11) is -0.477. The maximum atomic E-state index is 5.99. The Bertz CT molecular complexity index is 417. The predicted octanol–water partition coefficient (Wildman–Crippen LogP) is 2.80. The van der Waals surface area contributed by atoms with Gasteiger partial charge in [0.15, 0.2) is 0 Å². The highest BCUT2D eigenvalue weighted by atomic mass is 79.9. The highest BCUT2D eigenvalue weighted by Crippen LogP contribution is 2.36. The molecule has 0 spiro atoms. The van der Waals surface area contributed by atoms with Crippen LogP contribution in [0.4, 0.5) is 0 Å². The molecule has 0 bridgehead atoms. The van der Waals surface area contributed by atoms with Gasteiger partial charge < -0.3 is 9.31 Å². The fourth-order valence-electron chi connectivity index (χ4n) is 1.57. The summed E-state index contributed by atoms with van der Waals surface area (Å²) in [4.78, 5) is 4.33. The molecule has 92 valence electrons. The van der Waals surface area contributed by atoms with E-state index in [1.165, 1.54) is 0 Å². The second-order valence-electron chi connectivity index (χ2n) is 5.12. The fraction of sp³-hybridized carbons (Fsp3) is 0.545. The summed E-state index contributed by atoms with van der Waals surface area (Å²) in [6, 6.07) is 3.49. The van der Waals surface area contributed by atoms with Gasteiger partial charge in [-0.1, -0.05) is 11.6 Å². The number of rotatable bonds is 1. The molecule has 0 N–H and O–H groups in total. The quantitative estimate of drug-likeness (QED) is 0.589. The zero-order valence-corrected chi connectivity index (χ0v) is 12.6. The Morgan fingerprint density at radius 1 is 1.18 bits per heavy atom. The lowest BCUT2D eigenvalue weighted by molar-refractivity contribution is 0.00578. The van der Waals surface area contributed by atoms with Crippen molar-refractivity contribution in [2.45, 2.75) is 38.9 Å². The van der Waals surface area contributed by atoms with E-state index in [1.54, 1.807) is 12.1 Å². The van der Waals surface area contributed by atoms with Crippen molar-refractivity contribution in [3.05, 3.63) is 21.8 Å². The van der Waals surface area contributed by atoms with E-state index >= 15 is 0 Å². The largest absolute Gasteiger partial charge is 0.514 e. The smallest absolute Gasteiger partial charge is 0.398 e. The van der Waals surface area contributed by atoms with E-state index in [4.69, 9.17) is 20.9 Å². The topological polar surface area (TPSA) is 31.4 Å². The second kappa shape index (κ2) is 4.23. The van der Waals surface area contributed by atoms with E-state index in [-0.39, 0.29) is 11.2 Å². The third kappa shape index (κ3) is 2.52. The first kappa shape index (κ1) is 13.3. The second-order valence-corrected chi connectivity index (χ2v) is 6.37. The zero-order valence-electron chi connectivity index (χ0n) is 10.3. The Kier molecular flexibility index (Phi) is 3.32. The van der Waals surface area contributed by atoms with Crippen LogP contribution in [0, 0.1) is 0 Å². The van der Waals surface area contributed by atoms with Gasteiger partial charge in [-0.15, -0.1) is 0 Å². The van der Waals surface area contributed by atoms with Crippen LogP contribution in [0.25, 0.3) is 0 Å². The first-order valence-electron chi connectivity index (χ1n) is 5.40. The minimum atomic E-state index is -0.477. The van der Waals surface area contributed by atoms with Gasteiger partial charge in [-0.3, -0.25) is 0 Å². The SMILES string of the molecule is CC1(C)OB(c2cc(Cl)cc(Br)n2)OC1(C)C. The molecule has 1 aromatic rings. The van der Waals surface area contributed by atoms with Crippen molar-refractivity contribution in [2.24, 2.45) is 0 Å². The monoisotopic (exact) mass is 317 g/mol. The van der Waals surface area contributed by atoms with Crippen molar-refractivity contribution < 1.29 is 9.31 Å². The molecule has 0 saturated carbocycles. The maximum Gasteiger partial charge on any atom is 0.514 e. The summed E-state index contributed by atoms with van der Waals surface area (Å²) in [6.07, 6.45) is 0. The van der Waals surface area contributed by atoms with E-state index in [2.05, 4.69) is 20.9 Å². The number of halogens is 2. The van der Waals surface area contributed by atoms with Crippen LogP contribution in [0.1, 0.15) is 27.7 Å². The van der Waals surface area contributed by atoms with Crippen LogP contribution in [0.15, 0.2) is 16.7 Å². The normalized spacial score (nSPS) is 21.9. The van der Waals surface area contributed by atoms with Crippen LogP contribution in [-0.4, -0.2) is 23.3 Å². The lowest BCUT2D eigenvalue weighted by atomic mass is 9.84. The van der Waals surface area contributed by atoms with Crippen LogP contribution in [-0.2, 0) is 9.31 Å². The summed E-state index contributed by atoms with van der Waals surface area (Å²) in [6.45, 7) is 8.03. The van der Waals surface area contributed by atoms with Crippen molar-refractivity contribution in [1.82, 2.24) is 4.98 Å². The van der Waals surface area contributed by atoms with Gasteiger partial charge in [-0.2, -0.15) is 0 Å². The van der Waals surface area contributed by atoms with Crippen LogP contribution in [0.3, 0.4) is 0 Å². The van der Waals surface area contributed by atoms with Crippen LogP contribution >= 0.6 is 27.5 Å². The molecule has 1 fully saturated rings.